The lowest BCUT2D eigenvalue weighted by atomic mass is 9.99. The molecule has 0 saturated heterocycles. The second-order valence-corrected chi connectivity index (χ2v) is 18.6. The van der Waals surface area contributed by atoms with Gasteiger partial charge in [0.2, 0.25) is 0 Å². The Bertz CT molecular complexity index is 3130. The van der Waals surface area contributed by atoms with E-state index in [1.54, 1.807) is 0 Å². The van der Waals surface area contributed by atoms with Gasteiger partial charge in [0.05, 0.1) is 5.69 Å². The first kappa shape index (κ1) is 33.2. The van der Waals surface area contributed by atoms with Crippen LogP contribution in [0.15, 0.2) is 229 Å². The fourth-order valence-electron chi connectivity index (χ4n) is 9.20. The van der Waals surface area contributed by atoms with Crippen molar-refractivity contribution in [2.75, 3.05) is 4.90 Å². The predicted molar refractivity (Wildman–Crippen MR) is 245 cm³/mol. The summed E-state index contributed by atoms with van der Waals surface area (Å²) in [5.41, 5.74) is 5.04. The third-order valence-electron chi connectivity index (χ3n) is 11.8. The minimum absolute atomic E-state index is 0.870. The van der Waals surface area contributed by atoms with Gasteiger partial charge in [-0.1, -0.05) is 182 Å². The van der Waals surface area contributed by atoms with Crippen molar-refractivity contribution >= 4 is 100 Å². The lowest BCUT2D eigenvalue weighted by Crippen LogP contribution is -2.74. The predicted octanol–water partition coefficient (Wildman–Crippen LogP) is 11.9. The van der Waals surface area contributed by atoms with E-state index >= 15 is 0 Å². The van der Waals surface area contributed by atoms with Crippen molar-refractivity contribution in [3.05, 3.63) is 224 Å². The number of fused-ring (bicyclic) bond motifs is 8. The van der Waals surface area contributed by atoms with Crippen LogP contribution in [0.5, 0.6) is 0 Å². The quantitative estimate of drug-likeness (QED) is 0.0918. The number of anilines is 3. The van der Waals surface area contributed by atoms with Gasteiger partial charge in [-0.3, -0.25) is 0 Å². The zero-order valence-corrected chi connectivity index (χ0v) is 32.2. The molecule has 0 aliphatic carbocycles. The Balaban J connectivity index is 1.16. The van der Waals surface area contributed by atoms with Crippen LogP contribution in [0.3, 0.4) is 0 Å². The molecule has 10 aromatic carbocycles. The van der Waals surface area contributed by atoms with E-state index in [9.17, 15) is 0 Å². The molecule has 0 N–H and O–H groups in total. The molecule has 1 aromatic heterocycles. The van der Waals surface area contributed by atoms with Crippen LogP contribution < -0.4 is 25.6 Å². The molecule has 3 heteroatoms. The topological polar surface area (TPSA) is 16.4 Å². The molecule has 1 heterocycles. The summed E-state index contributed by atoms with van der Waals surface area (Å²) in [4.78, 5) is 2.42. The minimum atomic E-state index is -2.71. The number of rotatable bonds is 7. The van der Waals surface area contributed by atoms with Gasteiger partial charge in [-0.05, 0) is 78.7 Å². The summed E-state index contributed by atoms with van der Waals surface area (Å²) in [5.74, 6) is 0. The molecule has 2 nitrogen and oxygen atoms in total. The molecule has 0 aliphatic rings. The molecule has 11 aromatic rings. The van der Waals surface area contributed by atoms with E-state index in [-0.39, 0.29) is 0 Å². The van der Waals surface area contributed by atoms with Crippen molar-refractivity contribution in [1.29, 1.82) is 0 Å². The van der Waals surface area contributed by atoms with E-state index < -0.39 is 8.07 Å². The summed E-state index contributed by atoms with van der Waals surface area (Å²) in [6.07, 6.45) is 0. The summed E-state index contributed by atoms with van der Waals surface area (Å²) >= 11 is 0. The summed E-state index contributed by atoms with van der Waals surface area (Å²) in [7, 11) is -2.71. The Hall–Kier alpha value is -7.20. The zero-order valence-electron chi connectivity index (χ0n) is 31.2. The van der Waals surface area contributed by atoms with E-state index in [1.165, 1.54) is 47.7 Å². The fourth-order valence-corrected chi connectivity index (χ4v) is 13.9. The average molecular weight is 744 g/mol. The van der Waals surface area contributed by atoms with Crippen LogP contribution in [0.2, 0.25) is 0 Å². The fraction of sp³-hybridized carbons (Fsp3) is 0. The van der Waals surface area contributed by atoms with Gasteiger partial charge in [0, 0.05) is 39.0 Å². The van der Waals surface area contributed by atoms with E-state index in [1.807, 2.05) is 0 Å². The summed E-state index contributed by atoms with van der Waals surface area (Å²) in [6, 6.07) is 82.2. The first-order chi connectivity index (χ1) is 28.3. The maximum absolute atomic E-state index is 6.78. The number of nitrogens with zero attached hydrogens (tertiary/aromatic N) is 1. The number of furan rings is 1. The van der Waals surface area contributed by atoms with E-state index in [0.29, 0.717) is 0 Å². The Morgan fingerprint density at radius 1 is 0.316 bits per heavy atom. The molecule has 268 valence electrons. The first-order valence-electron chi connectivity index (χ1n) is 19.6. The van der Waals surface area contributed by atoms with E-state index in [2.05, 4.69) is 229 Å². The van der Waals surface area contributed by atoms with Gasteiger partial charge in [-0.2, -0.15) is 0 Å². The third-order valence-corrected chi connectivity index (χ3v) is 16.6. The van der Waals surface area contributed by atoms with Crippen molar-refractivity contribution in [1.82, 2.24) is 0 Å². The second kappa shape index (κ2) is 13.5. The zero-order chi connectivity index (χ0) is 37.8. The lowest BCUT2D eigenvalue weighted by molar-refractivity contribution is 0.673. The molecule has 0 fully saturated rings. The van der Waals surface area contributed by atoms with E-state index in [0.717, 1.165) is 44.4 Å². The molecular formula is C54H37NOSi. The molecular weight excluding hydrogens is 707 g/mol. The smallest absolute Gasteiger partial charge is 0.179 e. The Morgan fingerprint density at radius 3 is 1.46 bits per heavy atom. The SMILES string of the molecule is c1ccc([Si](c2ccccc2)(c2ccccc2)c2ccc(N(c3ccc4c(c3)oc3c5ccccc5ccc43)c3cc4ccccc4c4ccccc34)cc2)cc1. The van der Waals surface area contributed by atoms with Gasteiger partial charge in [-0.25, -0.2) is 0 Å². The summed E-state index contributed by atoms with van der Waals surface area (Å²) in [5, 5.41) is 14.8. The highest BCUT2D eigenvalue weighted by Gasteiger charge is 2.41. The summed E-state index contributed by atoms with van der Waals surface area (Å²) in [6.45, 7) is 0. The van der Waals surface area contributed by atoms with Gasteiger partial charge in [-0.15, -0.1) is 0 Å². The third kappa shape index (κ3) is 5.31. The van der Waals surface area contributed by atoms with Gasteiger partial charge in [0.25, 0.3) is 0 Å². The Kier molecular flexibility index (Phi) is 7.87. The highest BCUT2D eigenvalue weighted by Crippen LogP contribution is 2.44. The van der Waals surface area contributed by atoms with Crippen LogP contribution in [0.25, 0.3) is 54.3 Å². The normalized spacial score (nSPS) is 11.9. The molecule has 0 atom stereocenters. The average Bonchev–Trinajstić information content (AvgIpc) is 3.67. The van der Waals surface area contributed by atoms with Gasteiger partial charge < -0.3 is 9.32 Å². The molecule has 0 bridgehead atoms. The van der Waals surface area contributed by atoms with Crippen LogP contribution >= 0.6 is 0 Å². The molecule has 0 saturated carbocycles. The maximum atomic E-state index is 6.78. The molecule has 0 radical (unpaired) electrons. The lowest BCUT2D eigenvalue weighted by Gasteiger charge is -2.35. The second-order valence-electron chi connectivity index (χ2n) is 14.8. The Morgan fingerprint density at radius 2 is 0.807 bits per heavy atom. The molecule has 0 amide bonds. The van der Waals surface area contributed by atoms with Crippen LogP contribution in [0, 0.1) is 0 Å². The first-order valence-corrected chi connectivity index (χ1v) is 21.6. The number of hydrogen-bond donors (Lipinski definition) is 0. The molecule has 11 rings (SSSR count). The number of hydrogen-bond acceptors (Lipinski definition) is 2. The monoisotopic (exact) mass is 743 g/mol. The molecule has 0 unspecified atom stereocenters. The van der Waals surface area contributed by atoms with Crippen molar-refractivity contribution in [3.8, 4) is 0 Å². The van der Waals surface area contributed by atoms with Gasteiger partial charge in [0.15, 0.2) is 8.07 Å². The molecule has 57 heavy (non-hydrogen) atoms. The largest absolute Gasteiger partial charge is 0.455 e. The molecule has 0 spiro atoms. The summed E-state index contributed by atoms with van der Waals surface area (Å²) < 4.78 is 6.78. The van der Waals surface area contributed by atoms with Crippen molar-refractivity contribution in [2.45, 2.75) is 0 Å². The van der Waals surface area contributed by atoms with Crippen LogP contribution in [0.1, 0.15) is 0 Å². The number of benzene rings is 10. The van der Waals surface area contributed by atoms with Crippen LogP contribution in [-0.2, 0) is 0 Å². The van der Waals surface area contributed by atoms with Gasteiger partial charge in [0.1, 0.15) is 11.2 Å². The Labute approximate surface area is 332 Å². The highest BCUT2D eigenvalue weighted by atomic mass is 28.3. The minimum Gasteiger partial charge on any atom is -0.455 e. The van der Waals surface area contributed by atoms with Crippen molar-refractivity contribution < 1.29 is 4.42 Å². The maximum Gasteiger partial charge on any atom is 0.179 e. The van der Waals surface area contributed by atoms with Gasteiger partial charge >= 0.3 is 0 Å². The standard InChI is InChI=1S/C54H37NOSi/c1-4-18-42(19-5-1)57(43-20-6-2-7-21-43,44-22-8-3-9-23-44)45-32-29-40(30-33-45)55(52-36-39-17-11-12-24-46(39)48-26-14-15-27-49(48)52)41-31-35-50-51-34-28-38-16-10-13-25-47(38)54(51)56-53(50)37-41/h1-37H. The van der Waals surface area contributed by atoms with Crippen molar-refractivity contribution in [2.24, 2.45) is 0 Å². The highest BCUT2D eigenvalue weighted by molar-refractivity contribution is 7.19. The van der Waals surface area contributed by atoms with Crippen LogP contribution in [-0.4, -0.2) is 8.07 Å². The van der Waals surface area contributed by atoms with Crippen LogP contribution in [0.4, 0.5) is 17.1 Å². The van der Waals surface area contributed by atoms with E-state index in [4.69, 9.17) is 4.42 Å². The molecule has 0 aliphatic heterocycles. The van der Waals surface area contributed by atoms with Crippen molar-refractivity contribution in [3.63, 3.8) is 0 Å².